The van der Waals surface area contributed by atoms with Crippen LogP contribution in [0, 0.1) is 11.8 Å². The molecular formula is C28H35F3N2OS. The summed E-state index contributed by atoms with van der Waals surface area (Å²) in [4.78, 5) is 17.6. The van der Waals surface area contributed by atoms with Gasteiger partial charge in [0.15, 0.2) is 0 Å². The molecule has 1 aliphatic carbocycles. The number of alkyl halides is 3. The second-order valence-electron chi connectivity index (χ2n) is 10.9. The third-order valence-electron chi connectivity index (χ3n) is 8.69. The molecule has 35 heavy (non-hydrogen) atoms. The van der Waals surface area contributed by atoms with E-state index in [4.69, 9.17) is 0 Å². The molecule has 1 saturated carbocycles. The van der Waals surface area contributed by atoms with E-state index >= 15 is 0 Å². The highest BCUT2D eigenvalue weighted by atomic mass is 32.1. The second-order valence-corrected chi connectivity index (χ2v) is 11.7. The van der Waals surface area contributed by atoms with Crippen molar-refractivity contribution < 1.29 is 18.0 Å². The minimum atomic E-state index is -4.34. The molecule has 2 saturated heterocycles. The highest BCUT2D eigenvalue weighted by molar-refractivity contribution is 7.08. The number of hydrogen-bond donors (Lipinski definition) is 0. The molecule has 1 amide bonds. The molecule has 2 aliphatic heterocycles. The number of hydrogen-bond acceptors (Lipinski definition) is 3. The van der Waals surface area contributed by atoms with Gasteiger partial charge >= 0.3 is 6.18 Å². The number of nitrogens with zero attached hydrogens (tertiary/aromatic N) is 2. The zero-order valence-electron chi connectivity index (χ0n) is 20.3. The number of rotatable bonds is 5. The van der Waals surface area contributed by atoms with Crippen molar-refractivity contribution in [1.29, 1.82) is 0 Å². The van der Waals surface area contributed by atoms with Crippen LogP contribution in [0.4, 0.5) is 13.2 Å². The molecule has 3 fully saturated rings. The number of carbonyl (C=O) groups is 1. The molecule has 1 aromatic carbocycles. The first kappa shape index (κ1) is 24.8. The van der Waals surface area contributed by atoms with Crippen LogP contribution in [0.1, 0.15) is 74.0 Å². The number of carbonyl (C=O) groups excluding carboxylic acids is 1. The van der Waals surface area contributed by atoms with E-state index in [2.05, 4.69) is 28.7 Å². The van der Waals surface area contributed by atoms with Crippen molar-refractivity contribution in [2.24, 2.45) is 11.8 Å². The first-order chi connectivity index (χ1) is 16.8. The van der Waals surface area contributed by atoms with Crippen LogP contribution < -0.4 is 0 Å². The fourth-order valence-corrected chi connectivity index (χ4v) is 7.24. The molecule has 0 radical (unpaired) electrons. The van der Waals surface area contributed by atoms with Gasteiger partial charge in [-0.2, -0.15) is 24.5 Å². The molecule has 1 unspecified atom stereocenters. The Bertz CT molecular complexity index is 1000. The van der Waals surface area contributed by atoms with Crippen LogP contribution in [0.25, 0.3) is 0 Å². The maximum Gasteiger partial charge on any atom is 0.416 e. The molecular weight excluding hydrogens is 469 g/mol. The minimum absolute atomic E-state index is 0.0165. The summed E-state index contributed by atoms with van der Waals surface area (Å²) in [6.07, 6.45) is 1.92. The number of halogens is 3. The predicted molar refractivity (Wildman–Crippen MR) is 134 cm³/mol. The van der Waals surface area contributed by atoms with Gasteiger partial charge in [0.05, 0.1) is 5.56 Å². The molecule has 7 heteroatoms. The summed E-state index contributed by atoms with van der Waals surface area (Å²) in [5.74, 6) is 1.71. The molecule has 3 atom stereocenters. The summed E-state index contributed by atoms with van der Waals surface area (Å²) in [5, 5.41) is 4.47. The summed E-state index contributed by atoms with van der Waals surface area (Å²) < 4.78 is 39.3. The lowest BCUT2D eigenvalue weighted by atomic mass is 9.82. The van der Waals surface area contributed by atoms with E-state index in [0.717, 1.165) is 25.6 Å². The standard InChI is InChI=1S/C28H35F3N2OS/c1-19-15-33(26-7-5-20(6-8-26)23-10-12-35-18-23)17-24(19)14-27(34)32-11-9-22(16-32)21-3-2-4-25(13-21)28(29,30)31/h2-4,10,12-13,18-20,22,24,26H,5-9,11,14-17H2,1H3/t19-,20?,22?,24+,26?/m1/s1. The van der Waals surface area contributed by atoms with Gasteiger partial charge in [-0.15, -0.1) is 0 Å². The zero-order chi connectivity index (χ0) is 24.6. The first-order valence-electron chi connectivity index (χ1n) is 13.0. The number of likely N-dealkylation sites (tertiary alicyclic amines) is 2. The van der Waals surface area contributed by atoms with Crippen LogP contribution in [-0.4, -0.2) is 47.9 Å². The normalized spacial score (nSPS) is 30.2. The maximum absolute atomic E-state index is 13.1. The summed E-state index contributed by atoms with van der Waals surface area (Å²) in [6.45, 7) is 5.49. The van der Waals surface area contributed by atoms with Crippen molar-refractivity contribution in [3.63, 3.8) is 0 Å². The Hall–Kier alpha value is -1.86. The lowest BCUT2D eigenvalue weighted by molar-refractivity contribution is -0.137. The Balaban J connectivity index is 1.12. The molecule has 2 aromatic rings. The van der Waals surface area contributed by atoms with Crippen LogP contribution >= 0.6 is 11.3 Å². The topological polar surface area (TPSA) is 23.6 Å². The van der Waals surface area contributed by atoms with Gasteiger partial charge in [0.2, 0.25) is 5.91 Å². The molecule has 1 aromatic heterocycles. The van der Waals surface area contributed by atoms with Crippen molar-refractivity contribution in [3.05, 3.63) is 57.8 Å². The van der Waals surface area contributed by atoms with E-state index in [1.54, 1.807) is 17.4 Å². The Labute approximate surface area is 210 Å². The van der Waals surface area contributed by atoms with E-state index in [9.17, 15) is 18.0 Å². The molecule has 3 nitrogen and oxygen atoms in total. The average molecular weight is 505 g/mol. The predicted octanol–water partition coefficient (Wildman–Crippen LogP) is 6.77. The number of amides is 1. The lowest BCUT2D eigenvalue weighted by Gasteiger charge is -2.34. The fraction of sp³-hybridized carbons (Fsp3) is 0.607. The first-order valence-corrected chi connectivity index (χ1v) is 13.9. The molecule has 0 spiro atoms. The van der Waals surface area contributed by atoms with Crippen LogP contribution in [-0.2, 0) is 11.0 Å². The summed E-state index contributed by atoms with van der Waals surface area (Å²) >= 11 is 1.78. The van der Waals surface area contributed by atoms with E-state index in [1.165, 1.54) is 43.4 Å². The van der Waals surface area contributed by atoms with Crippen LogP contribution in [0.2, 0.25) is 0 Å². The van der Waals surface area contributed by atoms with Gasteiger partial charge in [-0.05, 0) is 83.9 Å². The molecule has 190 valence electrons. The third kappa shape index (κ3) is 5.61. The highest BCUT2D eigenvalue weighted by Gasteiger charge is 2.38. The van der Waals surface area contributed by atoms with Gasteiger partial charge in [0.25, 0.3) is 0 Å². The average Bonchev–Trinajstić information content (AvgIpc) is 3.61. The highest BCUT2D eigenvalue weighted by Crippen LogP contribution is 2.39. The fourth-order valence-electron chi connectivity index (χ4n) is 6.50. The van der Waals surface area contributed by atoms with E-state index in [0.29, 0.717) is 48.9 Å². The Morgan fingerprint density at radius 3 is 2.51 bits per heavy atom. The van der Waals surface area contributed by atoms with Crippen molar-refractivity contribution in [1.82, 2.24) is 9.80 Å². The zero-order valence-corrected chi connectivity index (χ0v) is 21.2. The largest absolute Gasteiger partial charge is 0.416 e. The summed E-state index contributed by atoms with van der Waals surface area (Å²) in [6, 6.07) is 8.50. The summed E-state index contributed by atoms with van der Waals surface area (Å²) in [7, 11) is 0. The molecule has 0 N–H and O–H groups in total. The van der Waals surface area contributed by atoms with Gasteiger partial charge in [-0.3, -0.25) is 9.69 Å². The number of benzene rings is 1. The minimum Gasteiger partial charge on any atom is -0.342 e. The van der Waals surface area contributed by atoms with E-state index in [-0.39, 0.29) is 11.8 Å². The van der Waals surface area contributed by atoms with Crippen molar-refractivity contribution in [2.75, 3.05) is 26.2 Å². The second kappa shape index (κ2) is 10.3. The SMILES string of the molecule is C[C@@H]1CN(C2CCC(c3ccsc3)CC2)C[C@@H]1CC(=O)N1CCC(c2cccc(C(F)(F)F)c2)C1. The Kier molecular flexibility index (Phi) is 7.27. The smallest absolute Gasteiger partial charge is 0.342 e. The quantitative estimate of drug-likeness (QED) is 0.449. The maximum atomic E-state index is 13.1. The van der Waals surface area contributed by atoms with Crippen LogP contribution in [0.15, 0.2) is 41.1 Å². The van der Waals surface area contributed by atoms with Gasteiger partial charge in [0.1, 0.15) is 0 Å². The van der Waals surface area contributed by atoms with Gasteiger partial charge in [0, 0.05) is 44.6 Å². The van der Waals surface area contributed by atoms with Crippen molar-refractivity contribution in [2.45, 2.75) is 69.5 Å². The van der Waals surface area contributed by atoms with Crippen LogP contribution in [0.5, 0.6) is 0 Å². The van der Waals surface area contributed by atoms with Crippen LogP contribution in [0.3, 0.4) is 0 Å². The third-order valence-corrected chi connectivity index (χ3v) is 9.39. The monoisotopic (exact) mass is 504 g/mol. The Morgan fingerprint density at radius 2 is 1.80 bits per heavy atom. The van der Waals surface area contributed by atoms with Gasteiger partial charge < -0.3 is 4.90 Å². The lowest BCUT2D eigenvalue weighted by Crippen LogP contribution is -2.37. The molecule has 3 heterocycles. The molecule has 5 rings (SSSR count). The summed E-state index contributed by atoms with van der Waals surface area (Å²) in [5.41, 5.74) is 1.58. The Morgan fingerprint density at radius 1 is 1.00 bits per heavy atom. The van der Waals surface area contributed by atoms with Crippen molar-refractivity contribution in [3.8, 4) is 0 Å². The molecule has 0 bridgehead atoms. The van der Waals surface area contributed by atoms with Crippen molar-refractivity contribution >= 4 is 17.2 Å². The van der Waals surface area contributed by atoms with E-state index in [1.807, 2.05) is 4.90 Å². The van der Waals surface area contributed by atoms with Gasteiger partial charge in [-0.1, -0.05) is 25.1 Å². The van der Waals surface area contributed by atoms with Gasteiger partial charge in [-0.25, -0.2) is 0 Å². The van der Waals surface area contributed by atoms with E-state index < -0.39 is 11.7 Å². The number of thiophene rings is 1. The molecule has 3 aliphatic rings.